The van der Waals surface area contributed by atoms with Gasteiger partial charge < -0.3 is 15.2 Å². The molecule has 0 unspecified atom stereocenters. The molecule has 1 aromatic carbocycles. The summed E-state index contributed by atoms with van der Waals surface area (Å²) in [6.45, 7) is 0.620. The van der Waals surface area contributed by atoms with Crippen LogP contribution in [0.15, 0.2) is 6.07 Å². The molecular formula is C12H17ClFNO2. The quantitative estimate of drug-likeness (QED) is 0.801. The Hall–Kier alpha value is -1.00. The first-order chi connectivity index (χ1) is 8.15. The Morgan fingerprint density at radius 1 is 1.24 bits per heavy atom. The second-order valence-electron chi connectivity index (χ2n) is 3.64. The van der Waals surface area contributed by atoms with Gasteiger partial charge in [-0.25, -0.2) is 0 Å². The van der Waals surface area contributed by atoms with Crippen molar-refractivity contribution in [1.82, 2.24) is 0 Å². The van der Waals surface area contributed by atoms with Crippen molar-refractivity contribution < 1.29 is 13.9 Å². The Morgan fingerprint density at radius 2 is 1.88 bits per heavy atom. The summed E-state index contributed by atoms with van der Waals surface area (Å²) in [5, 5.41) is 0.258. The molecule has 0 aliphatic rings. The first kappa shape index (κ1) is 14.1. The van der Waals surface area contributed by atoms with Crippen LogP contribution in [0.25, 0.3) is 0 Å². The van der Waals surface area contributed by atoms with Gasteiger partial charge in [0, 0.05) is 0 Å². The average molecular weight is 262 g/mol. The maximum atomic E-state index is 13.9. The third kappa shape index (κ3) is 3.23. The van der Waals surface area contributed by atoms with Crippen LogP contribution in [-0.4, -0.2) is 20.8 Å². The Bertz CT molecular complexity index is 385. The lowest BCUT2D eigenvalue weighted by molar-refractivity contribution is 0.347. The number of unbranched alkanes of at least 4 members (excludes halogenated alkanes) is 1. The van der Waals surface area contributed by atoms with Gasteiger partial charge in [0.2, 0.25) is 5.82 Å². The maximum Gasteiger partial charge on any atom is 0.208 e. The SMILES string of the molecule is COc1c(Cl)cc(CCCCN)c(OC)c1F. The molecule has 1 aromatic rings. The largest absolute Gasteiger partial charge is 0.493 e. The minimum atomic E-state index is -0.551. The van der Waals surface area contributed by atoms with E-state index in [1.54, 1.807) is 6.07 Å². The van der Waals surface area contributed by atoms with Crippen LogP contribution in [0.3, 0.4) is 0 Å². The molecule has 0 saturated carbocycles. The van der Waals surface area contributed by atoms with E-state index < -0.39 is 5.82 Å². The van der Waals surface area contributed by atoms with E-state index in [1.807, 2.05) is 0 Å². The Labute approximate surface area is 106 Å². The summed E-state index contributed by atoms with van der Waals surface area (Å²) in [5.41, 5.74) is 6.16. The highest BCUT2D eigenvalue weighted by molar-refractivity contribution is 6.32. The van der Waals surface area contributed by atoms with Crippen LogP contribution >= 0.6 is 11.6 Å². The Balaban J connectivity index is 3.04. The molecule has 0 atom stereocenters. The number of nitrogens with two attached hydrogens (primary N) is 1. The third-order valence-corrected chi connectivity index (χ3v) is 2.80. The fourth-order valence-corrected chi connectivity index (χ4v) is 1.98. The highest BCUT2D eigenvalue weighted by Crippen LogP contribution is 2.37. The zero-order chi connectivity index (χ0) is 12.8. The Kier molecular flexibility index (Phi) is 5.51. The fourth-order valence-electron chi connectivity index (χ4n) is 1.69. The minimum absolute atomic E-state index is 0.0195. The molecule has 17 heavy (non-hydrogen) atoms. The van der Waals surface area contributed by atoms with E-state index in [0.717, 1.165) is 18.4 Å². The number of hydrogen-bond acceptors (Lipinski definition) is 3. The van der Waals surface area contributed by atoms with E-state index in [-0.39, 0.29) is 16.5 Å². The van der Waals surface area contributed by atoms with Gasteiger partial charge in [0.25, 0.3) is 0 Å². The smallest absolute Gasteiger partial charge is 0.208 e. The van der Waals surface area contributed by atoms with Crippen molar-refractivity contribution in [2.45, 2.75) is 19.3 Å². The molecule has 2 N–H and O–H groups in total. The summed E-state index contributed by atoms with van der Waals surface area (Å²) in [4.78, 5) is 0. The molecule has 0 aromatic heterocycles. The molecule has 0 saturated heterocycles. The third-order valence-electron chi connectivity index (χ3n) is 2.52. The summed E-state index contributed by atoms with van der Waals surface area (Å²) in [5.74, 6) is -0.334. The van der Waals surface area contributed by atoms with Crippen LogP contribution in [0.5, 0.6) is 11.5 Å². The molecule has 0 bridgehead atoms. The normalized spacial score (nSPS) is 10.4. The van der Waals surface area contributed by atoms with Crippen molar-refractivity contribution in [3.05, 3.63) is 22.5 Å². The van der Waals surface area contributed by atoms with E-state index in [9.17, 15) is 4.39 Å². The van der Waals surface area contributed by atoms with Crippen LogP contribution < -0.4 is 15.2 Å². The maximum absolute atomic E-state index is 13.9. The first-order valence-electron chi connectivity index (χ1n) is 5.44. The molecule has 0 spiro atoms. The van der Waals surface area contributed by atoms with Crippen LogP contribution in [0.2, 0.25) is 5.02 Å². The first-order valence-corrected chi connectivity index (χ1v) is 5.82. The summed E-state index contributed by atoms with van der Waals surface area (Å²) < 4.78 is 23.9. The molecule has 0 radical (unpaired) electrons. The summed E-state index contributed by atoms with van der Waals surface area (Å²) in [7, 11) is 2.80. The van der Waals surface area contributed by atoms with Gasteiger partial charge in [0.1, 0.15) is 0 Å². The standard InChI is InChI=1S/C12H17ClFNO2/c1-16-11-8(5-3-4-6-15)7-9(13)12(17-2)10(11)14/h7H,3-6,15H2,1-2H3. The van der Waals surface area contributed by atoms with E-state index >= 15 is 0 Å². The number of rotatable bonds is 6. The number of benzene rings is 1. The lowest BCUT2D eigenvalue weighted by atomic mass is 10.1. The van der Waals surface area contributed by atoms with Gasteiger partial charge in [-0.3, -0.25) is 0 Å². The van der Waals surface area contributed by atoms with Crippen molar-refractivity contribution in [3.8, 4) is 11.5 Å². The van der Waals surface area contributed by atoms with E-state index in [4.69, 9.17) is 26.8 Å². The molecular weight excluding hydrogens is 245 g/mol. The van der Waals surface area contributed by atoms with Gasteiger partial charge in [0.05, 0.1) is 19.2 Å². The molecule has 0 aliphatic carbocycles. The number of hydrogen-bond donors (Lipinski definition) is 1. The monoisotopic (exact) mass is 261 g/mol. The van der Waals surface area contributed by atoms with Crippen molar-refractivity contribution in [2.24, 2.45) is 5.73 Å². The highest BCUT2D eigenvalue weighted by Gasteiger charge is 2.18. The van der Waals surface area contributed by atoms with Gasteiger partial charge >= 0.3 is 0 Å². The van der Waals surface area contributed by atoms with E-state index in [0.29, 0.717) is 13.0 Å². The van der Waals surface area contributed by atoms with Crippen LogP contribution in [0, 0.1) is 5.82 Å². The van der Waals surface area contributed by atoms with E-state index in [2.05, 4.69) is 0 Å². The molecule has 96 valence electrons. The van der Waals surface area contributed by atoms with Crippen LogP contribution in [0.4, 0.5) is 4.39 Å². The minimum Gasteiger partial charge on any atom is -0.493 e. The molecule has 0 aliphatic heterocycles. The van der Waals surface area contributed by atoms with Crippen LogP contribution in [-0.2, 0) is 6.42 Å². The lowest BCUT2D eigenvalue weighted by Crippen LogP contribution is -2.02. The van der Waals surface area contributed by atoms with Crippen LogP contribution in [0.1, 0.15) is 18.4 Å². The lowest BCUT2D eigenvalue weighted by Gasteiger charge is -2.13. The second-order valence-corrected chi connectivity index (χ2v) is 4.05. The predicted molar refractivity (Wildman–Crippen MR) is 66.5 cm³/mol. The van der Waals surface area contributed by atoms with Gasteiger partial charge in [-0.05, 0) is 37.4 Å². The fraction of sp³-hybridized carbons (Fsp3) is 0.500. The number of halogens is 2. The van der Waals surface area contributed by atoms with Gasteiger partial charge in [0.15, 0.2) is 11.5 Å². The summed E-state index contributed by atoms with van der Waals surface area (Å²) in [6, 6.07) is 1.68. The number of aryl methyl sites for hydroxylation is 1. The molecule has 0 heterocycles. The molecule has 0 fully saturated rings. The Morgan fingerprint density at radius 3 is 2.41 bits per heavy atom. The molecule has 0 amide bonds. The summed E-state index contributed by atoms with van der Waals surface area (Å²) in [6.07, 6.45) is 2.43. The highest BCUT2D eigenvalue weighted by atomic mass is 35.5. The molecule has 3 nitrogen and oxygen atoms in total. The average Bonchev–Trinajstić information content (AvgIpc) is 2.30. The van der Waals surface area contributed by atoms with Crippen molar-refractivity contribution in [2.75, 3.05) is 20.8 Å². The summed E-state index contributed by atoms with van der Waals surface area (Å²) >= 11 is 5.93. The van der Waals surface area contributed by atoms with Crippen molar-refractivity contribution in [3.63, 3.8) is 0 Å². The molecule has 1 rings (SSSR count). The predicted octanol–water partition coefficient (Wildman–Crippen LogP) is 2.78. The van der Waals surface area contributed by atoms with Gasteiger partial charge in [-0.2, -0.15) is 4.39 Å². The van der Waals surface area contributed by atoms with Gasteiger partial charge in [-0.1, -0.05) is 11.6 Å². The zero-order valence-corrected chi connectivity index (χ0v) is 10.8. The van der Waals surface area contributed by atoms with Crippen molar-refractivity contribution >= 4 is 11.6 Å². The van der Waals surface area contributed by atoms with Crippen molar-refractivity contribution in [1.29, 1.82) is 0 Å². The number of ether oxygens (including phenoxy) is 2. The topological polar surface area (TPSA) is 44.5 Å². The van der Waals surface area contributed by atoms with Gasteiger partial charge in [-0.15, -0.1) is 0 Å². The van der Waals surface area contributed by atoms with E-state index in [1.165, 1.54) is 14.2 Å². The molecule has 5 heteroatoms. The second kappa shape index (κ2) is 6.67. The zero-order valence-electron chi connectivity index (χ0n) is 10.1. The number of methoxy groups -OCH3 is 2.